The molecule has 0 unspecified atom stereocenters. The zero-order chi connectivity index (χ0) is 20.4. The van der Waals surface area contributed by atoms with Crippen LogP contribution in [-0.4, -0.2) is 28.3 Å². The zero-order valence-corrected chi connectivity index (χ0v) is 19.4. The Kier molecular flexibility index (Phi) is 7.86. The molecule has 6 heteroatoms. The number of likely N-dealkylation sites (tertiary alicyclic amines) is 1. The fourth-order valence-corrected chi connectivity index (χ4v) is 4.77. The smallest absolute Gasteiger partial charge is 0.165 e. The van der Waals surface area contributed by atoms with Gasteiger partial charge in [0.1, 0.15) is 0 Å². The number of ketones is 1. The van der Waals surface area contributed by atoms with Crippen molar-refractivity contribution < 1.29 is 4.79 Å². The van der Waals surface area contributed by atoms with Crippen molar-refractivity contribution in [2.45, 2.75) is 32.2 Å². The highest BCUT2D eigenvalue weighted by Crippen LogP contribution is 2.28. The summed E-state index contributed by atoms with van der Waals surface area (Å²) < 4.78 is 2.01. The second-order valence-electron chi connectivity index (χ2n) is 8.13. The Morgan fingerprint density at radius 1 is 1.07 bits per heavy atom. The number of aromatic nitrogens is 1. The second kappa shape index (κ2) is 10.2. The molecule has 1 fully saturated rings. The lowest BCUT2D eigenvalue weighted by Gasteiger charge is -2.32. The molecule has 2 aromatic carbocycles. The number of Topliss-reactive ketones (excluding diaryl/α,β-unsaturated/α-hetero) is 1. The summed E-state index contributed by atoms with van der Waals surface area (Å²) in [5.41, 5.74) is 3.11. The Bertz CT molecular complexity index is 1020. The molecule has 0 radical (unpaired) electrons. The van der Waals surface area contributed by atoms with Gasteiger partial charge in [0.25, 0.3) is 0 Å². The molecule has 1 aliphatic rings. The van der Waals surface area contributed by atoms with Gasteiger partial charge >= 0.3 is 0 Å². The van der Waals surface area contributed by atoms with Crippen molar-refractivity contribution in [3.05, 3.63) is 69.8 Å². The first kappa shape index (κ1) is 23.1. The molecular weight excluding hydrogens is 439 g/mol. The molecule has 1 aromatic heterocycles. The molecule has 0 bridgehead atoms. The average molecular weight is 466 g/mol. The number of benzene rings is 2. The third kappa shape index (κ3) is 5.39. The van der Waals surface area contributed by atoms with Crippen LogP contribution < -0.4 is 0 Å². The van der Waals surface area contributed by atoms with Crippen molar-refractivity contribution in [2.24, 2.45) is 13.0 Å². The van der Waals surface area contributed by atoms with Gasteiger partial charge in [-0.1, -0.05) is 35.3 Å². The largest absolute Gasteiger partial charge is 0.350 e. The van der Waals surface area contributed by atoms with Crippen molar-refractivity contribution in [3.63, 3.8) is 0 Å². The van der Waals surface area contributed by atoms with Crippen LogP contribution in [0.25, 0.3) is 10.9 Å². The van der Waals surface area contributed by atoms with E-state index in [0.29, 0.717) is 17.4 Å². The van der Waals surface area contributed by atoms with Gasteiger partial charge in [-0.15, -0.1) is 12.4 Å². The molecule has 3 nitrogen and oxygen atoms in total. The standard InChI is InChI=1S/C24H26Cl2N2O.ClH/c1-27-16-22(21-14-20(26)6-7-23(21)27)24(29)8-5-17-9-11-28(12-10-17)15-18-3-2-4-19(25)13-18;/h2-4,6-7,13-14,16-17H,5,8-12,15H2,1H3;1H. The number of fused-ring (bicyclic) bond motifs is 1. The van der Waals surface area contributed by atoms with Crippen LogP contribution in [0.2, 0.25) is 10.0 Å². The molecule has 0 spiro atoms. The minimum absolute atomic E-state index is 0. The minimum Gasteiger partial charge on any atom is -0.350 e. The molecule has 0 atom stereocenters. The Balaban J connectivity index is 0.00000256. The number of carbonyl (C=O) groups excluding carboxylic acids is 1. The number of nitrogens with zero attached hydrogens (tertiary/aromatic N) is 2. The van der Waals surface area contributed by atoms with Crippen LogP contribution >= 0.6 is 35.6 Å². The van der Waals surface area contributed by atoms with Gasteiger partial charge < -0.3 is 4.57 Å². The SMILES string of the molecule is Cl.Cn1cc(C(=O)CCC2CCN(Cc3cccc(Cl)c3)CC2)c2cc(Cl)ccc21. The van der Waals surface area contributed by atoms with Gasteiger partial charge in [0, 0.05) is 52.7 Å². The van der Waals surface area contributed by atoms with Gasteiger partial charge in [0.2, 0.25) is 0 Å². The molecule has 1 saturated heterocycles. The van der Waals surface area contributed by atoms with E-state index in [4.69, 9.17) is 23.2 Å². The zero-order valence-electron chi connectivity index (χ0n) is 17.1. The predicted octanol–water partition coefficient (Wildman–Crippen LogP) is 6.78. The number of hydrogen-bond acceptors (Lipinski definition) is 2. The monoisotopic (exact) mass is 464 g/mol. The van der Waals surface area contributed by atoms with E-state index in [1.54, 1.807) is 0 Å². The highest BCUT2D eigenvalue weighted by Gasteiger charge is 2.21. The summed E-state index contributed by atoms with van der Waals surface area (Å²) in [5.74, 6) is 0.840. The lowest BCUT2D eigenvalue weighted by atomic mass is 9.90. The Hall–Kier alpha value is -1.52. The molecule has 0 aliphatic carbocycles. The molecule has 160 valence electrons. The van der Waals surface area contributed by atoms with E-state index < -0.39 is 0 Å². The summed E-state index contributed by atoms with van der Waals surface area (Å²) in [6.07, 6.45) is 5.80. The van der Waals surface area contributed by atoms with Crippen LogP contribution in [0.15, 0.2) is 48.7 Å². The number of carbonyl (C=O) groups is 1. The topological polar surface area (TPSA) is 25.2 Å². The minimum atomic E-state index is 0. The summed E-state index contributed by atoms with van der Waals surface area (Å²) in [6.45, 7) is 3.10. The highest BCUT2D eigenvalue weighted by molar-refractivity contribution is 6.31. The Morgan fingerprint density at radius 3 is 2.53 bits per heavy atom. The highest BCUT2D eigenvalue weighted by atomic mass is 35.5. The molecule has 0 amide bonds. The van der Waals surface area contributed by atoms with Gasteiger partial charge in [-0.2, -0.15) is 0 Å². The quantitative estimate of drug-likeness (QED) is 0.375. The fourth-order valence-electron chi connectivity index (χ4n) is 4.38. The van der Waals surface area contributed by atoms with E-state index in [-0.39, 0.29) is 18.2 Å². The number of rotatable bonds is 6. The van der Waals surface area contributed by atoms with E-state index in [9.17, 15) is 4.79 Å². The van der Waals surface area contributed by atoms with Gasteiger partial charge in [-0.3, -0.25) is 9.69 Å². The average Bonchev–Trinajstić information content (AvgIpc) is 3.03. The van der Waals surface area contributed by atoms with Crippen LogP contribution in [0.3, 0.4) is 0 Å². The summed E-state index contributed by atoms with van der Waals surface area (Å²) in [5, 5.41) is 2.43. The molecular formula is C24H27Cl3N2O. The Morgan fingerprint density at radius 2 is 1.80 bits per heavy atom. The van der Waals surface area contributed by atoms with Crippen LogP contribution in [0, 0.1) is 5.92 Å². The fraction of sp³-hybridized carbons (Fsp3) is 0.375. The van der Waals surface area contributed by atoms with Crippen LogP contribution in [-0.2, 0) is 13.6 Å². The third-order valence-corrected chi connectivity index (χ3v) is 6.50. The number of aryl methyl sites for hydroxylation is 1. The van der Waals surface area contributed by atoms with Gasteiger partial charge in [-0.05, 0) is 74.2 Å². The first-order valence-electron chi connectivity index (χ1n) is 10.2. The second-order valence-corrected chi connectivity index (χ2v) is 9.00. The van der Waals surface area contributed by atoms with E-state index in [1.807, 2.05) is 54.2 Å². The van der Waals surface area contributed by atoms with Crippen LogP contribution in [0.1, 0.15) is 41.6 Å². The van der Waals surface area contributed by atoms with Gasteiger partial charge in [-0.25, -0.2) is 0 Å². The maximum absolute atomic E-state index is 12.9. The first-order chi connectivity index (χ1) is 14.0. The summed E-state index contributed by atoms with van der Waals surface area (Å²) in [6, 6.07) is 13.8. The Labute approximate surface area is 194 Å². The van der Waals surface area contributed by atoms with E-state index >= 15 is 0 Å². The maximum atomic E-state index is 12.9. The van der Waals surface area contributed by atoms with Crippen LogP contribution in [0.5, 0.6) is 0 Å². The lowest BCUT2D eigenvalue weighted by molar-refractivity contribution is 0.0963. The number of hydrogen-bond donors (Lipinski definition) is 0. The maximum Gasteiger partial charge on any atom is 0.165 e. The summed E-state index contributed by atoms with van der Waals surface area (Å²) >= 11 is 12.2. The lowest BCUT2D eigenvalue weighted by Crippen LogP contribution is -2.33. The molecule has 4 rings (SSSR count). The van der Waals surface area contributed by atoms with E-state index in [2.05, 4.69) is 11.0 Å². The molecule has 0 saturated carbocycles. The molecule has 2 heterocycles. The first-order valence-corrected chi connectivity index (χ1v) is 11.0. The van der Waals surface area contributed by atoms with Gasteiger partial charge in [0.05, 0.1) is 0 Å². The molecule has 0 N–H and O–H groups in total. The summed E-state index contributed by atoms with van der Waals surface area (Å²) in [4.78, 5) is 15.4. The van der Waals surface area contributed by atoms with E-state index in [0.717, 1.165) is 60.4 Å². The molecule has 30 heavy (non-hydrogen) atoms. The summed E-state index contributed by atoms with van der Waals surface area (Å²) in [7, 11) is 1.97. The normalized spacial score (nSPS) is 15.3. The van der Waals surface area contributed by atoms with Crippen molar-refractivity contribution in [1.82, 2.24) is 9.47 Å². The van der Waals surface area contributed by atoms with Crippen LogP contribution in [0.4, 0.5) is 0 Å². The van der Waals surface area contributed by atoms with Crippen molar-refractivity contribution >= 4 is 52.3 Å². The van der Waals surface area contributed by atoms with Crippen molar-refractivity contribution in [3.8, 4) is 0 Å². The van der Waals surface area contributed by atoms with Crippen molar-refractivity contribution in [2.75, 3.05) is 13.1 Å². The van der Waals surface area contributed by atoms with Crippen molar-refractivity contribution in [1.29, 1.82) is 0 Å². The van der Waals surface area contributed by atoms with E-state index in [1.165, 1.54) is 5.56 Å². The molecule has 1 aliphatic heterocycles. The predicted molar refractivity (Wildman–Crippen MR) is 128 cm³/mol. The molecule has 3 aromatic rings. The third-order valence-electron chi connectivity index (χ3n) is 6.03. The number of piperidine rings is 1. The van der Waals surface area contributed by atoms with Gasteiger partial charge in [0.15, 0.2) is 5.78 Å². The number of halogens is 3.